The van der Waals surface area contributed by atoms with Crippen molar-refractivity contribution in [2.75, 3.05) is 12.4 Å². The molecule has 5 heteroatoms. The Hall–Kier alpha value is 2.66. The average Bonchev–Trinajstić information content (AvgIpc) is 2.46. The third-order valence-electron chi connectivity index (χ3n) is 4.38. The van der Waals surface area contributed by atoms with Crippen LogP contribution in [-0.2, 0) is 0 Å². The number of halogens is 2. The van der Waals surface area contributed by atoms with Crippen molar-refractivity contribution in [1.82, 2.24) is 4.81 Å². The Bertz CT molecular complexity index is 245. The van der Waals surface area contributed by atoms with Crippen LogP contribution in [0.5, 0.6) is 0 Å². The molecule has 0 fully saturated rings. The molecule has 0 aliphatic carbocycles. The minimum atomic E-state index is 0. The van der Waals surface area contributed by atoms with E-state index in [2.05, 4.69) is 20.8 Å². The first-order chi connectivity index (χ1) is 10.5. The number of hydrogen-bond acceptors (Lipinski definition) is 1. The normalized spacial score (nSPS) is 14.0. The summed E-state index contributed by atoms with van der Waals surface area (Å²) in [5.41, 5.74) is 0. The summed E-state index contributed by atoms with van der Waals surface area (Å²) in [4.78, 5) is 1.96. The molecule has 0 amide bonds. The van der Waals surface area contributed by atoms with Crippen molar-refractivity contribution in [2.45, 2.75) is 84.6 Å². The predicted octanol–water partition coefficient (Wildman–Crippen LogP) is 3.19. The van der Waals surface area contributed by atoms with Crippen LogP contribution in [0.1, 0.15) is 78.6 Å². The van der Waals surface area contributed by atoms with E-state index in [1.807, 2.05) is 4.81 Å². The van der Waals surface area contributed by atoms with Gasteiger partial charge in [0.15, 0.2) is 7.98 Å². The van der Waals surface area contributed by atoms with Gasteiger partial charge in [-0.1, -0.05) is 52.9 Å². The molecule has 0 rings (SSSR count). The molecule has 0 aromatic carbocycles. The fourth-order valence-corrected chi connectivity index (χ4v) is 3.20. The molecular formula is C18H35BCl2CsN. The van der Waals surface area contributed by atoms with Crippen LogP contribution in [0.15, 0.2) is 0 Å². The summed E-state index contributed by atoms with van der Waals surface area (Å²) in [6.07, 6.45) is 11.0. The molecule has 0 aliphatic rings. The van der Waals surface area contributed by atoms with Crippen LogP contribution in [0, 0.1) is 17.7 Å². The van der Waals surface area contributed by atoms with Crippen LogP contribution in [-0.4, -0.2) is 31.3 Å². The first kappa shape index (κ1) is 27.9. The zero-order chi connectivity index (χ0) is 16.8. The smallest absolute Gasteiger partial charge is 0.350 e. The van der Waals surface area contributed by atoms with Gasteiger partial charge in [0.2, 0.25) is 0 Å². The molecule has 0 aromatic heterocycles. The molecule has 0 bridgehead atoms. The summed E-state index contributed by atoms with van der Waals surface area (Å²) in [5.74, 6) is 3.95. The van der Waals surface area contributed by atoms with Gasteiger partial charge in [-0.05, 0) is 37.1 Å². The molecule has 1 nitrogen and oxygen atoms in total. The van der Waals surface area contributed by atoms with E-state index >= 15 is 0 Å². The molecule has 2 unspecified atom stereocenters. The maximum Gasteiger partial charge on any atom is 1.00 e. The van der Waals surface area contributed by atoms with E-state index in [4.69, 9.17) is 31.2 Å². The van der Waals surface area contributed by atoms with Gasteiger partial charge >= 0.3 is 68.9 Å². The van der Waals surface area contributed by atoms with E-state index in [9.17, 15) is 0 Å². The minimum absolute atomic E-state index is 0. The Labute approximate surface area is 216 Å². The Balaban J connectivity index is 0. The van der Waals surface area contributed by atoms with E-state index in [0.29, 0.717) is 11.9 Å². The van der Waals surface area contributed by atoms with E-state index < -0.39 is 0 Å². The molecule has 23 heavy (non-hydrogen) atoms. The number of unbranched alkanes of at least 4 members (excludes halogenated alkanes) is 2. The van der Waals surface area contributed by atoms with Crippen molar-refractivity contribution >= 4 is 31.2 Å². The summed E-state index contributed by atoms with van der Waals surface area (Å²) < 4.78 is 0. The van der Waals surface area contributed by atoms with E-state index in [1.54, 1.807) is 5.88 Å². The molecule has 0 heterocycles. The Kier molecular flexibility index (Phi) is 23.5. The van der Waals surface area contributed by atoms with Gasteiger partial charge in [-0.15, -0.1) is 11.6 Å². The van der Waals surface area contributed by atoms with Gasteiger partial charge in [-0.3, -0.25) is 0 Å². The van der Waals surface area contributed by atoms with Crippen molar-refractivity contribution in [2.24, 2.45) is 11.8 Å². The van der Waals surface area contributed by atoms with Crippen molar-refractivity contribution in [3.05, 3.63) is 5.88 Å². The summed E-state index contributed by atoms with van der Waals surface area (Å²) in [6, 6.07) is 0.460. The SMILES string of the molecule is [B]N(CCCl)C(CCCC[CH-]Cl)CCC(C)CCCC(C)C.[Cs+]. The van der Waals surface area contributed by atoms with Crippen LogP contribution in [0.3, 0.4) is 0 Å². The van der Waals surface area contributed by atoms with Crippen molar-refractivity contribution in [3.8, 4) is 0 Å². The predicted molar refractivity (Wildman–Crippen MR) is 103 cm³/mol. The second kappa shape index (κ2) is 19.4. The van der Waals surface area contributed by atoms with Crippen LogP contribution < -0.4 is 68.9 Å². The zero-order valence-corrected chi connectivity index (χ0v) is 23.7. The van der Waals surface area contributed by atoms with E-state index in [0.717, 1.165) is 37.6 Å². The van der Waals surface area contributed by atoms with Crippen molar-refractivity contribution < 1.29 is 68.9 Å². The Morgan fingerprint density at radius 2 is 1.65 bits per heavy atom. The molecule has 0 aliphatic heterocycles. The Morgan fingerprint density at radius 3 is 2.22 bits per heavy atom. The van der Waals surface area contributed by atoms with Crippen LogP contribution in [0.25, 0.3) is 0 Å². The molecule has 0 aromatic rings. The average molecular weight is 480 g/mol. The fraction of sp³-hybridized carbons (Fsp3) is 0.944. The quantitative estimate of drug-likeness (QED) is 0.151. The molecule has 0 spiro atoms. The summed E-state index contributed by atoms with van der Waals surface area (Å²) in [7, 11) is 6.18. The number of alkyl halides is 1. The molecular weight excluding hydrogens is 445 g/mol. The number of nitrogens with zero attached hydrogens (tertiary/aromatic N) is 1. The van der Waals surface area contributed by atoms with E-state index in [1.165, 1.54) is 38.5 Å². The third-order valence-corrected chi connectivity index (χ3v) is 4.77. The largest absolute Gasteiger partial charge is 1.00 e. The van der Waals surface area contributed by atoms with Crippen LogP contribution >= 0.6 is 23.2 Å². The van der Waals surface area contributed by atoms with Gasteiger partial charge in [-0.2, -0.15) is 6.42 Å². The van der Waals surface area contributed by atoms with Crippen molar-refractivity contribution in [3.63, 3.8) is 0 Å². The molecule has 2 atom stereocenters. The third kappa shape index (κ3) is 17.8. The topological polar surface area (TPSA) is 3.24 Å². The number of rotatable bonds is 15. The monoisotopic (exact) mass is 479 g/mol. The molecule has 0 saturated heterocycles. The first-order valence-corrected chi connectivity index (χ1v) is 9.97. The number of hydrogen-bond donors (Lipinski definition) is 0. The first-order valence-electron chi connectivity index (χ1n) is 9.00. The maximum atomic E-state index is 6.18. The van der Waals surface area contributed by atoms with Gasteiger partial charge in [0.25, 0.3) is 0 Å². The molecule has 0 saturated carbocycles. The molecule has 130 valence electrons. The van der Waals surface area contributed by atoms with Crippen molar-refractivity contribution in [1.29, 1.82) is 0 Å². The van der Waals surface area contributed by atoms with E-state index in [-0.39, 0.29) is 68.9 Å². The molecule has 2 radical (unpaired) electrons. The van der Waals surface area contributed by atoms with Gasteiger partial charge in [-0.25, -0.2) is 5.88 Å². The fourth-order valence-electron chi connectivity index (χ4n) is 2.85. The standard InChI is InChI=1S/C18H35BCl2N.Cs/c1-16(2)8-7-9-17(3)11-12-18(22(19)15-14-21)10-5-4-6-13-20;/h13,16-18H,4-12,14-15H2,1-3H3;/q-1;+1. The van der Waals surface area contributed by atoms with Gasteiger partial charge < -0.3 is 16.4 Å². The summed E-state index contributed by atoms with van der Waals surface area (Å²) in [6.45, 7) is 7.76. The second-order valence-electron chi connectivity index (χ2n) is 7.03. The van der Waals surface area contributed by atoms with Crippen LogP contribution in [0.2, 0.25) is 0 Å². The summed E-state index contributed by atoms with van der Waals surface area (Å²) in [5, 5.41) is 0. The minimum Gasteiger partial charge on any atom is -0.350 e. The van der Waals surface area contributed by atoms with Gasteiger partial charge in [0.05, 0.1) is 0 Å². The second-order valence-corrected chi connectivity index (χ2v) is 7.71. The summed E-state index contributed by atoms with van der Waals surface area (Å²) >= 11 is 11.5. The van der Waals surface area contributed by atoms with Gasteiger partial charge in [0, 0.05) is 12.4 Å². The van der Waals surface area contributed by atoms with Crippen LogP contribution in [0.4, 0.5) is 0 Å². The Morgan fingerprint density at radius 1 is 0.957 bits per heavy atom. The zero-order valence-electron chi connectivity index (χ0n) is 15.9. The molecule has 0 N–H and O–H groups in total. The van der Waals surface area contributed by atoms with Gasteiger partial charge in [0.1, 0.15) is 0 Å². The maximum absolute atomic E-state index is 6.18.